The Balaban J connectivity index is 0.00000162. The van der Waals surface area contributed by atoms with Crippen LogP contribution in [0.2, 0.25) is 0 Å². The van der Waals surface area contributed by atoms with Crippen LogP contribution in [-0.4, -0.2) is 23.5 Å². The predicted octanol–water partition coefficient (Wildman–Crippen LogP) is 2.52. The summed E-state index contributed by atoms with van der Waals surface area (Å²) in [6.45, 7) is 5.07. The number of nitrogens with zero attached hydrogens (tertiary/aromatic N) is 1. The normalized spacial score (nSPS) is 19.1. The highest BCUT2D eigenvalue weighted by Crippen LogP contribution is 2.22. The van der Waals surface area contributed by atoms with E-state index in [9.17, 15) is 4.79 Å². The van der Waals surface area contributed by atoms with E-state index in [0.29, 0.717) is 0 Å². The van der Waals surface area contributed by atoms with E-state index < -0.39 is 0 Å². The van der Waals surface area contributed by atoms with Crippen LogP contribution >= 0.6 is 23.7 Å². The van der Waals surface area contributed by atoms with Gasteiger partial charge in [0.15, 0.2) is 5.13 Å². The second kappa shape index (κ2) is 7.07. The van der Waals surface area contributed by atoms with E-state index in [1.807, 2.05) is 6.92 Å². The Labute approximate surface area is 118 Å². The summed E-state index contributed by atoms with van der Waals surface area (Å²) >= 11 is 1.56. The SMILES string of the molecule is CCc1nc(NC(=O)[C@H]2CCCCN2)sc1C.Cl. The van der Waals surface area contributed by atoms with E-state index in [0.717, 1.165) is 36.6 Å². The zero-order valence-corrected chi connectivity index (χ0v) is 12.4. The molecule has 1 aliphatic rings. The number of nitrogens with one attached hydrogen (secondary N) is 2. The van der Waals surface area contributed by atoms with E-state index in [4.69, 9.17) is 0 Å². The number of hydrogen-bond donors (Lipinski definition) is 2. The van der Waals surface area contributed by atoms with Gasteiger partial charge < -0.3 is 10.6 Å². The lowest BCUT2D eigenvalue weighted by atomic mass is 10.0. The largest absolute Gasteiger partial charge is 0.306 e. The van der Waals surface area contributed by atoms with Crippen molar-refractivity contribution in [2.75, 3.05) is 11.9 Å². The van der Waals surface area contributed by atoms with Crippen molar-refractivity contribution in [1.29, 1.82) is 0 Å². The molecule has 1 aromatic rings. The lowest BCUT2D eigenvalue weighted by molar-refractivity contribution is -0.118. The van der Waals surface area contributed by atoms with Gasteiger partial charge in [-0.3, -0.25) is 4.79 Å². The molecule has 4 nitrogen and oxygen atoms in total. The van der Waals surface area contributed by atoms with Gasteiger partial charge in [-0.25, -0.2) is 4.98 Å². The van der Waals surface area contributed by atoms with Crippen LogP contribution in [0.15, 0.2) is 0 Å². The third-order valence-electron chi connectivity index (χ3n) is 3.08. The van der Waals surface area contributed by atoms with Crippen molar-refractivity contribution in [2.45, 2.75) is 45.6 Å². The van der Waals surface area contributed by atoms with Crippen molar-refractivity contribution >= 4 is 34.8 Å². The molecule has 2 N–H and O–H groups in total. The topological polar surface area (TPSA) is 54.0 Å². The van der Waals surface area contributed by atoms with Crippen LogP contribution in [0.5, 0.6) is 0 Å². The van der Waals surface area contributed by atoms with Crippen LogP contribution in [0.3, 0.4) is 0 Å². The van der Waals surface area contributed by atoms with Gasteiger partial charge in [0.2, 0.25) is 5.91 Å². The fraction of sp³-hybridized carbons (Fsp3) is 0.667. The molecule has 18 heavy (non-hydrogen) atoms. The number of carbonyl (C=O) groups is 1. The van der Waals surface area contributed by atoms with Gasteiger partial charge in [-0.2, -0.15) is 0 Å². The van der Waals surface area contributed by atoms with Gasteiger partial charge in [0.1, 0.15) is 0 Å². The van der Waals surface area contributed by atoms with E-state index >= 15 is 0 Å². The fourth-order valence-electron chi connectivity index (χ4n) is 2.08. The molecule has 6 heteroatoms. The molecule has 0 unspecified atom stereocenters. The molecule has 0 radical (unpaired) electrons. The Hall–Kier alpha value is -0.650. The van der Waals surface area contributed by atoms with Crippen molar-refractivity contribution < 1.29 is 4.79 Å². The molecule has 0 saturated carbocycles. The zero-order chi connectivity index (χ0) is 12.3. The molecule has 1 fully saturated rings. The van der Waals surface area contributed by atoms with Crippen molar-refractivity contribution in [3.05, 3.63) is 10.6 Å². The predicted molar refractivity (Wildman–Crippen MR) is 77.7 cm³/mol. The quantitative estimate of drug-likeness (QED) is 0.899. The van der Waals surface area contributed by atoms with E-state index in [-0.39, 0.29) is 24.4 Å². The molecule has 1 atom stereocenters. The first-order valence-corrected chi connectivity index (χ1v) is 7.03. The summed E-state index contributed by atoms with van der Waals surface area (Å²) in [6.07, 6.45) is 4.14. The summed E-state index contributed by atoms with van der Waals surface area (Å²) in [6, 6.07) is -0.0435. The maximum absolute atomic E-state index is 12.0. The molecular formula is C12H20ClN3OS. The maximum atomic E-state index is 12.0. The third kappa shape index (κ3) is 3.67. The van der Waals surface area contributed by atoms with Gasteiger partial charge in [0.05, 0.1) is 11.7 Å². The van der Waals surface area contributed by atoms with Gasteiger partial charge in [-0.05, 0) is 32.7 Å². The van der Waals surface area contributed by atoms with Crippen molar-refractivity contribution in [2.24, 2.45) is 0 Å². The van der Waals surface area contributed by atoms with Gasteiger partial charge in [0.25, 0.3) is 0 Å². The second-order valence-corrected chi connectivity index (χ2v) is 5.57. The molecule has 0 aromatic carbocycles. The zero-order valence-electron chi connectivity index (χ0n) is 10.8. The van der Waals surface area contributed by atoms with Crippen molar-refractivity contribution in [3.63, 3.8) is 0 Å². The standard InChI is InChI=1S/C12H19N3OS.ClH/c1-3-9-8(2)17-12(14-9)15-11(16)10-6-4-5-7-13-10;/h10,13H,3-7H2,1-2H3,(H,14,15,16);1H/t10-;/m1./s1. The van der Waals surface area contributed by atoms with Gasteiger partial charge in [-0.1, -0.05) is 13.3 Å². The molecule has 1 aromatic heterocycles. The summed E-state index contributed by atoms with van der Waals surface area (Å²) in [5.41, 5.74) is 1.09. The smallest absolute Gasteiger partial charge is 0.243 e. The highest BCUT2D eigenvalue weighted by atomic mass is 35.5. The Morgan fingerprint density at radius 1 is 1.56 bits per heavy atom. The number of anilines is 1. The number of aryl methyl sites for hydroxylation is 2. The molecule has 0 bridgehead atoms. The Morgan fingerprint density at radius 2 is 2.33 bits per heavy atom. The molecule has 1 saturated heterocycles. The Morgan fingerprint density at radius 3 is 2.89 bits per heavy atom. The molecule has 0 aliphatic carbocycles. The van der Waals surface area contributed by atoms with Crippen LogP contribution in [0, 0.1) is 6.92 Å². The van der Waals surface area contributed by atoms with Gasteiger partial charge in [-0.15, -0.1) is 23.7 Å². The van der Waals surface area contributed by atoms with Crippen molar-refractivity contribution in [3.8, 4) is 0 Å². The van der Waals surface area contributed by atoms with Crippen molar-refractivity contribution in [1.82, 2.24) is 10.3 Å². The van der Waals surface area contributed by atoms with E-state index in [1.165, 1.54) is 11.3 Å². The minimum Gasteiger partial charge on any atom is -0.306 e. The molecule has 1 amide bonds. The van der Waals surface area contributed by atoms with Crippen LogP contribution in [0.4, 0.5) is 5.13 Å². The van der Waals surface area contributed by atoms with Crippen LogP contribution < -0.4 is 10.6 Å². The number of carbonyl (C=O) groups excluding carboxylic acids is 1. The highest BCUT2D eigenvalue weighted by molar-refractivity contribution is 7.15. The minimum absolute atomic E-state index is 0. The molecule has 102 valence electrons. The highest BCUT2D eigenvalue weighted by Gasteiger charge is 2.21. The number of aromatic nitrogens is 1. The first kappa shape index (κ1) is 15.4. The van der Waals surface area contributed by atoms with E-state index in [2.05, 4.69) is 22.5 Å². The Kier molecular flexibility index (Phi) is 6.05. The molecule has 1 aliphatic heterocycles. The number of hydrogen-bond acceptors (Lipinski definition) is 4. The van der Waals surface area contributed by atoms with E-state index in [1.54, 1.807) is 11.3 Å². The first-order chi connectivity index (χ1) is 8.20. The number of amides is 1. The molecule has 0 spiro atoms. The van der Waals surface area contributed by atoms with Gasteiger partial charge in [0, 0.05) is 4.88 Å². The van der Waals surface area contributed by atoms with Crippen LogP contribution in [0.25, 0.3) is 0 Å². The minimum atomic E-state index is -0.0435. The summed E-state index contributed by atoms with van der Waals surface area (Å²) in [7, 11) is 0. The number of rotatable bonds is 3. The van der Waals surface area contributed by atoms with Crippen LogP contribution in [0.1, 0.15) is 36.8 Å². The summed E-state index contributed by atoms with van der Waals surface area (Å²) in [4.78, 5) is 17.6. The van der Waals surface area contributed by atoms with Crippen LogP contribution in [-0.2, 0) is 11.2 Å². The summed E-state index contributed by atoms with van der Waals surface area (Å²) in [5.74, 6) is 0.0566. The second-order valence-electron chi connectivity index (χ2n) is 4.37. The molecule has 2 rings (SSSR count). The average molecular weight is 290 g/mol. The lowest BCUT2D eigenvalue weighted by Gasteiger charge is -2.21. The maximum Gasteiger partial charge on any atom is 0.243 e. The van der Waals surface area contributed by atoms with Gasteiger partial charge >= 0.3 is 0 Å². The molecular weight excluding hydrogens is 270 g/mol. The average Bonchev–Trinajstić information content (AvgIpc) is 2.70. The number of thiazole rings is 1. The summed E-state index contributed by atoms with van der Waals surface area (Å²) < 4.78 is 0. The number of halogens is 1. The monoisotopic (exact) mass is 289 g/mol. The Bertz CT molecular complexity index is 402. The number of piperidine rings is 1. The third-order valence-corrected chi connectivity index (χ3v) is 4.01. The summed E-state index contributed by atoms with van der Waals surface area (Å²) in [5, 5.41) is 6.89. The fourth-order valence-corrected chi connectivity index (χ4v) is 2.98. The molecule has 2 heterocycles. The lowest BCUT2D eigenvalue weighted by Crippen LogP contribution is -2.43. The first-order valence-electron chi connectivity index (χ1n) is 6.21.